The van der Waals surface area contributed by atoms with E-state index in [1.54, 1.807) is 28.6 Å². The van der Waals surface area contributed by atoms with Crippen LogP contribution in [-0.4, -0.2) is 73.7 Å². The Labute approximate surface area is 162 Å². The fourth-order valence-corrected chi connectivity index (χ4v) is 6.06. The van der Waals surface area contributed by atoms with Crippen molar-refractivity contribution in [3.05, 3.63) is 29.8 Å². The maximum Gasteiger partial charge on any atom is 0.253 e. The third-order valence-corrected chi connectivity index (χ3v) is 8.09. The number of hydrogen-bond acceptors (Lipinski definition) is 4. The van der Waals surface area contributed by atoms with Crippen molar-refractivity contribution >= 4 is 15.9 Å². The summed E-state index contributed by atoms with van der Waals surface area (Å²) in [5.41, 5.74) is 0.580. The minimum Gasteiger partial charge on any atom is -0.336 e. The summed E-state index contributed by atoms with van der Waals surface area (Å²) in [7, 11) is -3.44. The maximum absolute atomic E-state index is 12.9. The number of sulfonamides is 1. The summed E-state index contributed by atoms with van der Waals surface area (Å²) in [5.74, 6) is 0.0159. The Kier molecular flexibility index (Phi) is 5.53. The highest BCUT2D eigenvalue weighted by molar-refractivity contribution is 7.89. The van der Waals surface area contributed by atoms with E-state index in [-0.39, 0.29) is 10.8 Å². The highest BCUT2D eigenvalue weighted by atomic mass is 32.2. The van der Waals surface area contributed by atoms with Crippen LogP contribution in [0.25, 0.3) is 0 Å². The zero-order chi connectivity index (χ0) is 18.9. The number of amides is 1. The second-order valence-corrected chi connectivity index (χ2v) is 9.86. The lowest BCUT2D eigenvalue weighted by Gasteiger charge is -2.44. The molecule has 1 unspecified atom stereocenters. The van der Waals surface area contributed by atoms with Crippen LogP contribution in [0, 0.1) is 0 Å². The molecule has 3 heterocycles. The highest BCUT2D eigenvalue weighted by Gasteiger charge is 2.32. The Bertz CT molecular complexity index is 772. The lowest BCUT2D eigenvalue weighted by molar-refractivity contribution is 0.0372. The molecule has 0 N–H and O–H groups in total. The quantitative estimate of drug-likeness (QED) is 0.792. The standard InChI is InChI=1S/C20H29N3O3S/c24-20(22-15-14-21-11-5-2-6-18(21)16-22)17-7-9-19(10-8-17)27(25,26)23-12-3-1-4-13-23/h7-10,18H,1-6,11-16H2. The Balaban J connectivity index is 1.44. The normalized spacial score (nSPS) is 25.2. The zero-order valence-corrected chi connectivity index (χ0v) is 16.7. The van der Waals surface area contributed by atoms with Gasteiger partial charge < -0.3 is 4.90 Å². The predicted molar refractivity (Wildman–Crippen MR) is 104 cm³/mol. The van der Waals surface area contributed by atoms with Crippen LogP contribution in [0.15, 0.2) is 29.2 Å². The van der Waals surface area contributed by atoms with E-state index in [0.29, 0.717) is 24.7 Å². The Hall–Kier alpha value is -1.44. The van der Waals surface area contributed by atoms with Crippen LogP contribution in [-0.2, 0) is 10.0 Å². The van der Waals surface area contributed by atoms with Crippen molar-refractivity contribution in [1.29, 1.82) is 0 Å². The van der Waals surface area contributed by atoms with E-state index < -0.39 is 10.0 Å². The Morgan fingerprint density at radius 1 is 0.852 bits per heavy atom. The molecule has 7 heteroatoms. The van der Waals surface area contributed by atoms with Crippen molar-refractivity contribution < 1.29 is 13.2 Å². The number of hydrogen-bond donors (Lipinski definition) is 0. The number of piperidine rings is 2. The van der Waals surface area contributed by atoms with Gasteiger partial charge in [0.15, 0.2) is 0 Å². The van der Waals surface area contributed by atoms with Gasteiger partial charge in [-0.05, 0) is 56.5 Å². The smallest absolute Gasteiger partial charge is 0.253 e. The van der Waals surface area contributed by atoms with Gasteiger partial charge in [0.25, 0.3) is 5.91 Å². The molecule has 1 aromatic carbocycles. The van der Waals surface area contributed by atoms with Gasteiger partial charge >= 0.3 is 0 Å². The number of carbonyl (C=O) groups is 1. The summed E-state index contributed by atoms with van der Waals surface area (Å²) in [6.07, 6.45) is 6.60. The fourth-order valence-electron chi connectivity index (χ4n) is 4.55. The first-order valence-electron chi connectivity index (χ1n) is 10.2. The van der Waals surface area contributed by atoms with E-state index in [9.17, 15) is 13.2 Å². The fraction of sp³-hybridized carbons (Fsp3) is 0.650. The van der Waals surface area contributed by atoms with Gasteiger partial charge in [-0.1, -0.05) is 12.8 Å². The molecule has 3 saturated heterocycles. The molecular weight excluding hydrogens is 362 g/mol. The third-order valence-electron chi connectivity index (χ3n) is 6.18. The lowest BCUT2D eigenvalue weighted by Crippen LogP contribution is -2.56. The van der Waals surface area contributed by atoms with Crippen LogP contribution in [0.4, 0.5) is 0 Å². The summed E-state index contributed by atoms with van der Waals surface area (Å²) < 4.78 is 27.1. The molecule has 1 aromatic rings. The van der Waals surface area contributed by atoms with E-state index in [1.807, 2.05) is 4.90 Å². The predicted octanol–water partition coefficient (Wildman–Crippen LogP) is 2.17. The Morgan fingerprint density at radius 2 is 1.56 bits per heavy atom. The number of nitrogens with zero attached hydrogens (tertiary/aromatic N) is 3. The molecule has 148 valence electrons. The number of benzene rings is 1. The summed E-state index contributed by atoms with van der Waals surface area (Å²) in [6.45, 7) is 4.81. The van der Waals surface area contributed by atoms with Gasteiger partial charge in [0.2, 0.25) is 10.0 Å². The van der Waals surface area contributed by atoms with Crippen molar-refractivity contribution in [3.63, 3.8) is 0 Å². The van der Waals surface area contributed by atoms with Crippen LogP contribution in [0.5, 0.6) is 0 Å². The van der Waals surface area contributed by atoms with Crippen molar-refractivity contribution in [2.45, 2.75) is 49.5 Å². The van der Waals surface area contributed by atoms with Gasteiger partial charge in [0, 0.05) is 44.3 Å². The average Bonchev–Trinajstić information content (AvgIpc) is 2.73. The van der Waals surface area contributed by atoms with Crippen LogP contribution in [0.3, 0.4) is 0 Å². The molecule has 4 rings (SSSR count). The molecule has 27 heavy (non-hydrogen) atoms. The van der Waals surface area contributed by atoms with E-state index in [2.05, 4.69) is 4.90 Å². The largest absolute Gasteiger partial charge is 0.336 e. The van der Waals surface area contributed by atoms with Crippen molar-refractivity contribution in [2.24, 2.45) is 0 Å². The van der Waals surface area contributed by atoms with Gasteiger partial charge in [0.1, 0.15) is 0 Å². The molecule has 0 aromatic heterocycles. The maximum atomic E-state index is 12.9. The average molecular weight is 392 g/mol. The molecule has 3 aliphatic rings. The first-order chi connectivity index (χ1) is 13.1. The monoisotopic (exact) mass is 391 g/mol. The minimum absolute atomic E-state index is 0.0159. The van der Waals surface area contributed by atoms with Gasteiger partial charge in [-0.3, -0.25) is 9.69 Å². The first kappa shape index (κ1) is 18.9. The molecule has 3 fully saturated rings. The van der Waals surface area contributed by atoms with E-state index >= 15 is 0 Å². The lowest BCUT2D eigenvalue weighted by atomic mass is 9.99. The van der Waals surface area contributed by atoms with Crippen LogP contribution in [0.2, 0.25) is 0 Å². The van der Waals surface area contributed by atoms with Crippen molar-refractivity contribution in [1.82, 2.24) is 14.1 Å². The topological polar surface area (TPSA) is 60.9 Å². The molecular formula is C20H29N3O3S. The zero-order valence-electron chi connectivity index (χ0n) is 15.8. The molecule has 0 radical (unpaired) electrons. The summed E-state index contributed by atoms with van der Waals surface area (Å²) >= 11 is 0. The molecule has 6 nitrogen and oxygen atoms in total. The number of fused-ring (bicyclic) bond motifs is 1. The van der Waals surface area contributed by atoms with Crippen molar-refractivity contribution in [2.75, 3.05) is 39.3 Å². The second kappa shape index (κ2) is 7.89. The van der Waals surface area contributed by atoms with E-state index in [4.69, 9.17) is 0 Å². The van der Waals surface area contributed by atoms with Gasteiger partial charge in [-0.25, -0.2) is 8.42 Å². The number of rotatable bonds is 3. The molecule has 1 amide bonds. The van der Waals surface area contributed by atoms with Gasteiger partial charge in [-0.15, -0.1) is 0 Å². The molecule has 0 spiro atoms. The molecule has 0 aliphatic carbocycles. The second-order valence-electron chi connectivity index (χ2n) is 7.93. The van der Waals surface area contributed by atoms with Crippen LogP contribution >= 0.6 is 0 Å². The molecule has 1 atom stereocenters. The third kappa shape index (κ3) is 3.91. The van der Waals surface area contributed by atoms with E-state index in [1.165, 1.54) is 12.8 Å². The number of carbonyl (C=O) groups excluding carboxylic acids is 1. The summed E-state index contributed by atoms with van der Waals surface area (Å²) in [4.78, 5) is 17.6. The summed E-state index contributed by atoms with van der Waals surface area (Å²) in [5, 5.41) is 0. The van der Waals surface area contributed by atoms with Gasteiger partial charge in [0.05, 0.1) is 4.90 Å². The summed E-state index contributed by atoms with van der Waals surface area (Å²) in [6, 6.07) is 7.01. The van der Waals surface area contributed by atoms with Crippen molar-refractivity contribution in [3.8, 4) is 0 Å². The highest BCUT2D eigenvalue weighted by Crippen LogP contribution is 2.24. The SMILES string of the molecule is O=C(c1ccc(S(=O)(=O)N2CCCCC2)cc1)N1CCN2CCCCC2C1. The van der Waals surface area contributed by atoms with Crippen LogP contribution in [0.1, 0.15) is 48.9 Å². The molecule has 3 aliphatic heterocycles. The van der Waals surface area contributed by atoms with E-state index in [0.717, 1.165) is 51.9 Å². The minimum atomic E-state index is -3.44. The first-order valence-corrected chi connectivity index (χ1v) is 11.6. The molecule has 0 bridgehead atoms. The Morgan fingerprint density at radius 3 is 2.30 bits per heavy atom. The van der Waals surface area contributed by atoms with Crippen LogP contribution < -0.4 is 0 Å². The number of piperazine rings is 1. The van der Waals surface area contributed by atoms with Gasteiger partial charge in [-0.2, -0.15) is 4.31 Å². The molecule has 0 saturated carbocycles.